The minimum Gasteiger partial charge on any atom is -0.408 e. The maximum atomic E-state index is 11.2. The molecule has 2 fully saturated rings. The Hall–Kier alpha value is -1.59. The van der Waals surface area contributed by atoms with Crippen molar-refractivity contribution in [2.24, 2.45) is 0 Å². The van der Waals surface area contributed by atoms with Crippen molar-refractivity contribution in [1.29, 1.82) is 0 Å². The molecular formula is C14H16N2O3. The van der Waals surface area contributed by atoms with E-state index in [-0.39, 0.29) is 5.41 Å². The summed E-state index contributed by atoms with van der Waals surface area (Å²) in [7, 11) is 0. The molecular weight excluding hydrogens is 244 g/mol. The first-order valence-corrected chi connectivity index (χ1v) is 6.72. The highest BCUT2D eigenvalue weighted by Crippen LogP contribution is 2.39. The molecule has 0 bridgehead atoms. The number of benzene rings is 1. The molecule has 100 valence electrons. The molecule has 2 aromatic rings. The first-order chi connectivity index (χ1) is 9.28. The number of aromatic nitrogens is 1. The highest BCUT2D eigenvalue weighted by atomic mass is 16.5. The predicted molar refractivity (Wildman–Crippen MR) is 70.4 cm³/mol. The molecule has 0 amide bonds. The first-order valence-electron chi connectivity index (χ1n) is 6.72. The fraction of sp³-hybridized carbons (Fsp3) is 0.500. The summed E-state index contributed by atoms with van der Waals surface area (Å²) in [6.45, 7) is 2.56. The fourth-order valence-electron chi connectivity index (χ4n) is 3.30. The minimum atomic E-state index is -0.398. The quantitative estimate of drug-likeness (QED) is 0.849. The van der Waals surface area contributed by atoms with Crippen LogP contribution in [-0.4, -0.2) is 30.8 Å². The second-order valence-electron chi connectivity index (χ2n) is 5.52. The molecule has 19 heavy (non-hydrogen) atoms. The van der Waals surface area contributed by atoms with Crippen LogP contribution in [0.25, 0.3) is 11.1 Å². The van der Waals surface area contributed by atoms with Crippen molar-refractivity contribution >= 4 is 11.1 Å². The summed E-state index contributed by atoms with van der Waals surface area (Å²) in [5, 5.41) is 3.57. The number of H-pyrrole nitrogens is 1. The van der Waals surface area contributed by atoms with E-state index in [1.165, 1.54) is 18.4 Å². The monoisotopic (exact) mass is 260 g/mol. The molecule has 5 heteroatoms. The molecule has 0 radical (unpaired) electrons. The lowest BCUT2D eigenvalue weighted by molar-refractivity contribution is -0.0760. The van der Waals surface area contributed by atoms with Gasteiger partial charge < -0.3 is 14.5 Å². The van der Waals surface area contributed by atoms with Gasteiger partial charge in [-0.2, -0.15) is 0 Å². The zero-order valence-electron chi connectivity index (χ0n) is 10.6. The first kappa shape index (κ1) is 11.3. The van der Waals surface area contributed by atoms with Gasteiger partial charge in [0.05, 0.1) is 24.1 Å². The van der Waals surface area contributed by atoms with Gasteiger partial charge in [-0.1, -0.05) is 6.07 Å². The van der Waals surface area contributed by atoms with Crippen LogP contribution in [0.4, 0.5) is 0 Å². The van der Waals surface area contributed by atoms with Crippen LogP contribution >= 0.6 is 0 Å². The Morgan fingerprint density at radius 2 is 2.21 bits per heavy atom. The third-order valence-electron chi connectivity index (χ3n) is 4.44. The van der Waals surface area contributed by atoms with Gasteiger partial charge in [0, 0.05) is 6.04 Å². The van der Waals surface area contributed by atoms with Crippen molar-refractivity contribution in [1.82, 2.24) is 10.3 Å². The Bertz CT molecular complexity index is 663. The number of rotatable bonds is 2. The molecule has 1 aromatic heterocycles. The normalized spacial score (nSPS) is 25.6. The summed E-state index contributed by atoms with van der Waals surface area (Å²) in [5.74, 6) is -0.398. The van der Waals surface area contributed by atoms with Gasteiger partial charge in [-0.05, 0) is 37.1 Å². The van der Waals surface area contributed by atoms with Crippen LogP contribution in [0.3, 0.4) is 0 Å². The number of aromatic amines is 1. The Labute approximate surface area is 109 Å². The van der Waals surface area contributed by atoms with E-state index in [0.717, 1.165) is 25.3 Å². The second kappa shape index (κ2) is 3.95. The maximum absolute atomic E-state index is 11.2. The highest BCUT2D eigenvalue weighted by Gasteiger charge is 2.48. The zero-order valence-corrected chi connectivity index (χ0v) is 10.6. The van der Waals surface area contributed by atoms with E-state index in [1.807, 2.05) is 12.1 Å². The van der Waals surface area contributed by atoms with Gasteiger partial charge in [-0.3, -0.25) is 4.98 Å². The Morgan fingerprint density at radius 1 is 1.32 bits per heavy atom. The summed E-state index contributed by atoms with van der Waals surface area (Å²) in [5.41, 5.74) is 2.63. The molecule has 3 heterocycles. The topological polar surface area (TPSA) is 67.3 Å². The number of hydrogen-bond donors (Lipinski definition) is 2. The van der Waals surface area contributed by atoms with E-state index in [2.05, 4.69) is 16.4 Å². The van der Waals surface area contributed by atoms with Gasteiger partial charge in [-0.15, -0.1) is 0 Å². The SMILES string of the molecule is O=c1[nH]c2ccc(C3(C4CCCN4)COC3)cc2o1. The summed E-state index contributed by atoms with van der Waals surface area (Å²) < 4.78 is 10.6. The highest BCUT2D eigenvalue weighted by molar-refractivity contribution is 5.73. The molecule has 2 saturated heterocycles. The molecule has 2 N–H and O–H groups in total. The molecule has 5 nitrogen and oxygen atoms in total. The van der Waals surface area contributed by atoms with Crippen LogP contribution in [0.1, 0.15) is 18.4 Å². The van der Waals surface area contributed by atoms with Gasteiger partial charge in [0.15, 0.2) is 5.58 Å². The lowest BCUT2D eigenvalue weighted by Gasteiger charge is -2.46. The molecule has 0 spiro atoms. The van der Waals surface area contributed by atoms with Crippen LogP contribution in [0.15, 0.2) is 27.4 Å². The van der Waals surface area contributed by atoms with E-state index in [4.69, 9.17) is 9.15 Å². The van der Waals surface area contributed by atoms with Gasteiger partial charge in [-0.25, -0.2) is 4.79 Å². The summed E-state index contributed by atoms with van der Waals surface area (Å²) in [6, 6.07) is 6.45. The third-order valence-corrected chi connectivity index (χ3v) is 4.44. The maximum Gasteiger partial charge on any atom is 0.417 e. The smallest absolute Gasteiger partial charge is 0.408 e. The van der Waals surface area contributed by atoms with Gasteiger partial charge in [0.25, 0.3) is 0 Å². The van der Waals surface area contributed by atoms with Crippen molar-refractivity contribution in [3.05, 3.63) is 34.3 Å². The minimum absolute atomic E-state index is 0.0422. The third kappa shape index (κ3) is 1.58. The Balaban J connectivity index is 1.80. The molecule has 1 atom stereocenters. The molecule has 0 saturated carbocycles. The largest absolute Gasteiger partial charge is 0.417 e. The average molecular weight is 260 g/mol. The number of fused-ring (bicyclic) bond motifs is 1. The molecule has 4 rings (SSSR count). The van der Waals surface area contributed by atoms with E-state index < -0.39 is 5.76 Å². The number of oxazole rings is 1. The van der Waals surface area contributed by atoms with Crippen LogP contribution in [0.2, 0.25) is 0 Å². The van der Waals surface area contributed by atoms with Gasteiger partial charge in [0.1, 0.15) is 0 Å². The van der Waals surface area contributed by atoms with Gasteiger partial charge >= 0.3 is 5.76 Å². The molecule has 0 aliphatic carbocycles. The molecule has 2 aliphatic heterocycles. The number of ether oxygens (including phenoxy) is 1. The molecule has 1 unspecified atom stereocenters. The van der Waals surface area contributed by atoms with Gasteiger partial charge in [0.2, 0.25) is 0 Å². The van der Waals surface area contributed by atoms with Crippen molar-refractivity contribution in [3.63, 3.8) is 0 Å². The van der Waals surface area contributed by atoms with Crippen LogP contribution in [-0.2, 0) is 10.2 Å². The summed E-state index contributed by atoms with van der Waals surface area (Å²) in [4.78, 5) is 13.9. The van der Waals surface area contributed by atoms with Crippen molar-refractivity contribution in [3.8, 4) is 0 Å². The Morgan fingerprint density at radius 3 is 2.89 bits per heavy atom. The van der Waals surface area contributed by atoms with E-state index in [0.29, 0.717) is 11.6 Å². The van der Waals surface area contributed by atoms with Crippen molar-refractivity contribution in [2.75, 3.05) is 19.8 Å². The molecule has 2 aliphatic rings. The lowest BCUT2D eigenvalue weighted by atomic mass is 9.72. The summed E-state index contributed by atoms with van der Waals surface area (Å²) >= 11 is 0. The van der Waals surface area contributed by atoms with Crippen molar-refractivity contribution in [2.45, 2.75) is 24.3 Å². The molecule has 1 aromatic carbocycles. The predicted octanol–water partition coefficient (Wildman–Crippen LogP) is 1.14. The zero-order chi connectivity index (χ0) is 12.9. The number of hydrogen-bond acceptors (Lipinski definition) is 4. The van der Waals surface area contributed by atoms with E-state index >= 15 is 0 Å². The second-order valence-corrected chi connectivity index (χ2v) is 5.52. The van der Waals surface area contributed by atoms with Crippen LogP contribution < -0.4 is 11.1 Å². The number of nitrogens with one attached hydrogen (secondary N) is 2. The Kier molecular flexibility index (Phi) is 2.34. The van der Waals surface area contributed by atoms with E-state index in [1.54, 1.807) is 0 Å². The van der Waals surface area contributed by atoms with Crippen LogP contribution in [0, 0.1) is 0 Å². The van der Waals surface area contributed by atoms with E-state index in [9.17, 15) is 4.79 Å². The van der Waals surface area contributed by atoms with Crippen LogP contribution in [0.5, 0.6) is 0 Å². The standard InChI is InChI=1S/C14H16N2O3/c17-13-16-10-4-3-9(6-11(10)19-13)14(7-18-8-14)12-2-1-5-15-12/h3-4,6,12,15H,1-2,5,7-8H2,(H,16,17). The fourth-order valence-corrected chi connectivity index (χ4v) is 3.30. The average Bonchev–Trinajstić information content (AvgIpc) is 2.95. The van der Waals surface area contributed by atoms with Crippen molar-refractivity contribution < 1.29 is 9.15 Å². The lowest BCUT2D eigenvalue weighted by Crippen LogP contribution is -2.58. The summed E-state index contributed by atoms with van der Waals surface area (Å²) in [6.07, 6.45) is 2.40.